The van der Waals surface area contributed by atoms with Gasteiger partial charge < -0.3 is 10.1 Å². The van der Waals surface area contributed by atoms with Crippen molar-refractivity contribution in [2.45, 2.75) is 18.9 Å². The van der Waals surface area contributed by atoms with E-state index in [1.165, 1.54) is 17.6 Å². The Labute approximate surface area is 181 Å². The maximum Gasteiger partial charge on any atom is 0.327 e. The molecule has 2 heterocycles. The number of fused-ring (bicyclic) bond motifs is 2. The van der Waals surface area contributed by atoms with Crippen molar-refractivity contribution >= 4 is 34.6 Å². The number of aromatic nitrogens is 1. The van der Waals surface area contributed by atoms with Gasteiger partial charge in [0.1, 0.15) is 6.04 Å². The van der Waals surface area contributed by atoms with Crippen LogP contribution in [-0.2, 0) is 16.0 Å². The van der Waals surface area contributed by atoms with Crippen LogP contribution >= 0.6 is 0 Å². The lowest BCUT2D eigenvalue weighted by atomic mass is 10.0. The number of rotatable bonds is 5. The van der Waals surface area contributed by atoms with Crippen LogP contribution in [0.4, 0.5) is 0 Å². The molecule has 4 N–H and O–H groups in total. The number of amides is 3. The molecule has 0 radical (unpaired) electrons. The number of aromatic amines is 1. The lowest BCUT2D eigenvalue weighted by Gasteiger charge is -2.22. The van der Waals surface area contributed by atoms with Crippen LogP contribution in [0.25, 0.3) is 10.9 Å². The minimum absolute atomic E-state index is 0.0927. The van der Waals surface area contributed by atoms with E-state index in [2.05, 4.69) is 16.8 Å². The zero-order chi connectivity index (χ0) is 22.8. The number of carboxylic acids is 1. The predicted molar refractivity (Wildman–Crippen MR) is 112 cm³/mol. The summed E-state index contributed by atoms with van der Waals surface area (Å²) in [5.41, 5.74) is 3.78. The molecule has 0 spiro atoms. The number of nitrogens with zero attached hydrogens (tertiary/aromatic N) is 1. The van der Waals surface area contributed by atoms with Crippen LogP contribution in [-0.4, -0.2) is 49.9 Å². The Hall–Kier alpha value is -4.42. The van der Waals surface area contributed by atoms with Crippen molar-refractivity contribution in [1.82, 2.24) is 15.4 Å². The lowest BCUT2D eigenvalue weighted by molar-refractivity contribution is -0.141. The van der Waals surface area contributed by atoms with Gasteiger partial charge in [-0.1, -0.05) is 24.0 Å². The highest BCUT2D eigenvalue weighted by molar-refractivity contribution is 6.22. The molecule has 0 bridgehead atoms. The van der Waals surface area contributed by atoms with Gasteiger partial charge in [-0.25, -0.2) is 10.3 Å². The van der Waals surface area contributed by atoms with Gasteiger partial charge in [0.2, 0.25) is 0 Å². The Morgan fingerprint density at radius 1 is 1.09 bits per heavy atom. The molecule has 1 aromatic heterocycles. The Kier molecular flexibility index (Phi) is 5.45. The summed E-state index contributed by atoms with van der Waals surface area (Å²) in [5, 5.41) is 19.0. The fraction of sp³-hybridized carbons (Fsp3) is 0.130. The van der Waals surface area contributed by atoms with Crippen LogP contribution in [0.5, 0.6) is 0 Å². The number of hydrogen-bond donors (Lipinski definition) is 4. The predicted octanol–water partition coefficient (Wildman–Crippen LogP) is 1.71. The smallest absolute Gasteiger partial charge is 0.327 e. The number of hydrogen-bond acceptors (Lipinski definition) is 5. The van der Waals surface area contributed by atoms with Crippen LogP contribution in [0.1, 0.15) is 38.3 Å². The number of carbonyl (C=O) groups excluding carboxylic acids is 3. The molecule has 9 heteroatoms. The van der Waals surface area contributed by atoms with Gasteiger partial charge in [-0.2, -0.15) is 0 Å². The van der Waals surface area contributed by atoms with E-state index in [1.54, 1.807) is 36.5 Å². The minimum atomic E-state index is -1.38. The number of imide groups is 1. The van der Waals surface area contributed by atoms with Gasteiger partial charge in [-0.15, -0.1) is 0 Å². The third-order valence-electron chi connectivity index (χ3n) is 5.21. The van der Waals surface area contributed by atoms with E-state index < -0.39 is 29.7 Å². The summed E-state index contributed by atoms with van der Waals surface area (Å²) >= 11 is 0. The quantitative estimate of drug-likeness (QED) is 0.210. The minimum Gasteiger partial charge on any atom is -0.480 e. The summed E-state index contributed by atoms with van der Waals surface area (Å²) in [6.07, 6.45) is 1.36. The number of benzene rings is 2. The van der Waals surface area contributed by atoms with Crippen molar-refractivity contribution in [2.75, 3.05) is 0 Å². The average molecular weight is 431 g/mol. The van der Waals surface area contributed by atoms with Crippen molar-refractivity contribution in [1.29, 1.82) is 0 Å². The molecule has 9 nitrogen and oxygen atoms in total. The summed E-state index contributed by atoms with van der Waals surface area (Å²) in [6.45, 7) is 0. The van der Waals surface area contributed by atoms with Crippen molar-refractivity contribution < 1.29 is 29.5 Å². The van der Waals surface area contributed by atoms with E-state index in [-0.39, 0.29) is 24.0 Å². The highest BCUT2D eigenvalue weighted by atomic mass is 16.5. The van der Waals surface area contributed by atoms with Crippen LogP contribution in [0.15, 0.2) is 48.7 Å². The van der Waals surface area contributed by atoms with E-state index in [0.717, 1.165) is 10.4 Å². The lowest BCUT2D eigenvalue weighted by Crippen LogP contribution is -2.46. The zero-order valence-electron chi connectivity index (χ0n) is 16.6. The second kappa shape index (κ2) is 8.37. The Morgan fingerprint density at radius 3 is 2.41 bits per heavy atom. The van der Waals surface area contributed by atoms with Crippen molar-refractivity contribution in [3.8, 4) is 11.8 Å². The molecule has 1 unspecified atom stereocenters. The molecule has 160 valence electrons. The molecular formula is C23H17N3O6. The number of nitrogens with one attached hydrogen (secondary N) is 2. The van der Waals surface area contributed by atoms with Crippen LogP contribution in [0.3, 0.4) is 0 Å². The number of hydroxylamine groups is 1. The van der Waals surface area contributed by atoms with Gasteiger partial charge in [0.25, 0.3) is 17.7 Å². The van der Waals surface area contributed by atoms with Gasteiger partial charge in [-0.3, -0.25) is 24.5 Å². The summed E-state index contributed by atoms with van der Waals surface area (Å²) in [4.78, 5) is 52.5. The number of aliphatic carboxylic acids is 1. The third-order valence-corrected chi connectivity index (χ3v) is 5.21. The second-order valence-electron chi connectivity index (χ2n) is 7.17. The van der Waals surface area contributed by atoms with Gasteiger partial charge in [0, 0.05) is 29.1 Å². The monoisotopic (exact) mass is 431 g/mol. The van der Waals surface area contributed by atoms with Crippen LogP contribution in [0, 0.1) is 11.8 Å². The number of carbonyl (C=O) groups is 4. The Morgan fingerprint density at radius 2 is 1.78 bits per heavy atom. The first-order valence-electron chi connectivity index (χ1n) is 9.62. The van der Waals surface area contributed by atoms with Gasteiger partial charge in [0.05, 0.1) is 17.5 Å². The molecule has 0 saturated heterocycles. The first kappa shape index (κ1) is 20.8. The van der Waals surface area contributed by atoms with E-state index >= 15 is 0 Å². The first-order chi connectivity index (χ1) is 15.4. The topological polar surface area (TPSA) is 140 Å². The van der Waals surface area contributed by atoms with E-state index in [9.17, 15) is 24.3 Å². The summed E-state index contributed by atoms with van der Waals surface area (Å²) in [7, 11) is 0. The van der Waals surface area contributed by atoms with E-state index in [0.29, 0.717) is 16.5 Å². The highest BCUT2D eigenvalue weighted by Crippen LogP contribution is 2.28. The van der Waals surface area contributed by atoms with Gasteiger partial charge in [0.15, 0.2) is 0 Å². The van der Waals surface area contributed by atoms with Crippen molar-refractivity contribution in [3.63, 3.8) is 0 Å². The van der Waals surface area contributed by atoms with Crippen LogP contribution < -0.4 is 5.48 Å². The molecular weight excluding hydrogens is 414 g/mol. The largest absolute Gasteiger partial charge is 0.480 e. The third kappa shape index (κ3) is 3.71. The molecule has 1 aliphatic heterocycles. The van der Waals surface area contributed by atoms with E-state index in [4.69, 9.17) is 5.21 Å². The first-order valence-corrected chi connectivity index (χ1v) is 9.62. The molecule has 0 fully saturated rings. The number of carboxylic acid groups (broad SMARTS) is 1. The molecule has 2 aromatic carbocycles. The second-order valence-corrected chi connectivity index (χ2v) is 7.17. The summed E-state index contributed by atoms with van der Waals surface area (Å²) < 4.78 is 0. The molecule has 1 aliphatic rings. The SMILES string of the molecule is O=C(CC#Cc1ccc2[nH]cc(CC(C(=O)O)N3C(=O)c4ccccc4C3=O)c2c1)NO. The highest BCUT2D eigenvalue weighted by Gasteiger charge is 2.42. The average Bonchev–Trinajstić information content (AvgIpc) is 3.30. The maximum absolute atomic E-state index is 12.8. The summed E-state index contributed by atoms with van der Waals surface area (Å²) in [5.74, 6) is 2.25. The Bertz CT molecular complexity index is 1300. The van der Waals surface area contributed by atoms with Gasteiger partial charge in [-0.05, 0) is 35.9 Å². The fourth-order valence-electron chi connectivity index (χ4n) is 3.68. The van der Waals surface area contributed by atoms with Crippen molar-refractivity contribution in [2.24, 2.45) is 0 Å². The Balaban J connectivity index is 1.64. The maximum atomic E-state index is 12.8. The fourth-order valence-corrected chi connectivity index (χ4v) is 3.68. The normalized spacial score (nSPS) is 13.5. The molecule has 32 heavy (non-hydrogen) atoms. The van der Waals surface area contributed by atoms with Crippen molar-refractivity contribution in [3.05, 3.63) is 70.9 Å². The summed E-state index contributed by atoms with van der Waals surface area (Å²) in [6, 6.07) is 10.1. The molecule has 0 saturated carbocycles. The number of H-pyrrole nitrogens is 1. The standard InChI is InChI=1S/C23H17N3O6/c27-20(25-32)7-3-4-13-8-9-18-17(10-13)14(12-24-18)11-19(23(30)31)26-21(28)15-5-1-2-6-16(15)22(26)29/h1-2,5-6,8-10,12,19,24,32H,7,11H2,(H,25,27)(H,30,31). The molecule has 3 aromatic rings. The molecule has 1 atom stereocenters. The zero-order valence-corrected chi connectivity index (χ0v) is 16.6. The van der Waals surface area contributed by atoms with Gasteiger partial charge >= 0.3 is 5.97 Å². The van der Waals surface area contributed by atoms with E-state index in [1.807, 2.05) is 0 Å². The molecule has 3 amide bonds. The molecule has 0 aliphatic carbocycles. The van der Waals surface area contributed by atoms with Crippen LogP contribution in [0.2, 0.25) is 0 Å². The molecule has 4 rings (SSSR count).